The third-order valence-corrected chi connectivity index (χ3v) is 4.03. The molecular weight excluding hydrogens is 252 g/mol. The van der Waals surface area contributed by atoms with Crippen LogP contribution in [0.4, 0.5) is 11.6 Å². The third-order valence-electron chi connectivity index (χ3n) is 4.03. The van der Waals surface area contributed by atoms with E-state index in [4.69, 9.17) is 0 Å². The Labute approximate surface area is 121 Å². The number of piperidine rings is 1. The van der Waals surface area contributed by atoms with Crippen molar-refractivity contribution < 1.29 is 5.11 Å². The van der Waals surface area contributed by atoms with E-state index in [2.05, 4.69) is 27.1 Å². The van der Waals surface area contributed by atoms with Gasteiger partial charge in [0, 0.05) is 32.6 Å². The van der Waals surface area contributed by atoms with Gasteiger partial charge in [0.15, 0.2) is 0 Å². The van der Waals surface area contributed by atoms with Gasteiger partial charge in [0.1, 0.15) is 17.5 Å². The summed E-state index contributed by atoms with van der Waals surface area (Å²) in [5.74, 6) is 3.23. The van der Waals surface area contributed by atoms with Crippen molar-refractivity contribution in [2.45, 2.75) is 45.6 Å². The van der Waals surface area contributed by atoms with E-state index in [0.717, 1.165) is 56.2 Å². The first-order valence-corrected chi connectivity index (χ1v) is 7.62. The molecule has 1 fully saturated rings. The van der Waals surface area contributed by atoms with Crippen LogP contribution in [0.1, 0.15) is 38.9 Å². The minimum Gasteiger partial charge on any atom is -0.393 e. The van der Waals surface area contributed by atoms with Crippen LogP contribution >= 0.6 is 0 Å². The molecule has 1 unspecified atom stereocenters. The standard InChI is InChI=1S/C15H26N4O/c1-4-5-13-17-14(16-3)10-15(18-13)19-8-6-12(7-9-19)11(2)20/h10-12,20H,4-9H2,1-3H3,(H,16,17,18). The fourth-order valence-corrected chi connectivity index (χ4v) is 2.72. The predicted molar refractivity (Wildman–Crippen MR) is 82.2 cm³/mol. The van der Waals surface area contributed by atoms with Crippen LogP contribution in [0.15, 0.2) is 6.07 Å². The Hall–Kier alpha value is -1.36. The number of nitrogens with zero attached hydrogens (tertiary/aromatic N) is 3. The summed E-state index contributed by atoms with van der Waals surface area (Å²) >= 11 is 0. The zero-order valence-electron chi connectivity index (χ0n) is 12.8. The van der Waals surface area contributed by atoms with Gasteiger partial charge in [-0.1, -0.05) is 6.92 Å². The van der Waals surface area contributed by atoms with Crippen molar-refractivity contribution >= 4 is 11.6 Å². The van der Waals surface area contributed by atoms with E-state index in [1.54, 1.807) is 0 Å². The molecule has 1 saturated heterocycles. The number of hydrogen-bond donors (Lipinski definition) is 2. The van der Waals surface area contributed by atoms with Gasteiger partial charge in [-0.05, 0) is 32.1 Å². The van der Waals surface area contributed by atoms with Gasteiger partial charge in [0.25, 0.3) is 0 Å². The maximum Gasteiger partial charge on any atom is 0.134 e. The molecule has 0 aliphatic carbocycles. The number of aliphatic hydroxyl groups is 1. The highest BCUT2D eigenvalue weighted by molar-refractivity contribution is 5.49. The highest BCUT2D eigenvalue weighted by Crippen LogP contribution is 2.25. The molecule has 0 spiro atoms. The van der Waals surface area contributed by atoms with E-state index >= 15 is 0 Å². The summed E-state index contributed by atoms with van der Waals surface area (Å²) < 4.78 is 0. The molecule has 2 rings (SSSR count). The van der Waals surface area contributed by atoms with E-state index in [1.807, 2.05) is 20.0 Å². The molecule has 5 heteroatoms. The van der Waals surface area contributed by atoms with E-state index < -0.39 is 0 Å². The first-order chi connectivity index (χ1) is 9.63. The summed E-state index contributed by atoms with van der Waals surface area (Å²) in [6.45, 7) is 5.95. The minimum absolute atomic E-state index is 0.203. The van der Waals surface area contributed by atoms with E-state index in [9.17, 15) is 5.11 Å². The number of hydrogen-bond acceptors (Lipinski definition) is 5. The molecular formula is C15H26N4O. The van der Waals surface area contributed by atoms with Crippen LogP contribution in [0.25, 0.3) is 0 Å². The van der Waals surface area contributed by atoms with Crippen molar-refractivity contribution in [1.82, 2.24) is 9.97 Å². The number of nitrogens with one attached hydrogen (secondary N) is 1. The van der Waals surface area contributed by atoms with Crippen LogP contribution in [0, 0.1) is 5.92 Å². The maximum absolute atomic E-state index is 9.68. The molecule has 0 saturated carbocycles. The van der Waals surface area contributed by atoms with Crippen molar-refractivity contribution in [2.24, 2.45) is 5.92 Å². The molecule has 1 aromatic rings. The zero-order chi connectivity index (χ0) is 14.5. The number of rotatable bonds is 5. The van der Waals surface area contributed by atoms with Crippen molar-refractivity contribution in [3.63, 3.8) is 0 Å². The van der Waals surface area contributed by atoms with Crippen LogP contribution in [-0.4, -0.2) is 41.3 Å². The first kappa shape index (κ1) is 15.0. The van der Waals surface area contributed by atoms with Crippen LogP contribution < -0.4 is 10.2 Å². The van der Waals surface area contributed by atoms with Gasteiger partial charge in [-0.15, -0.1) is 0 Å². The highest BCUT2D eigenvalue weighted by Gasteiger charge is 2.23. The smallest absolute Gasteiger partial charge is 0.134 e. The summed E-state index contributed by atoms with van der Waals surface area (Å²) in [5, 5.41) is 12.8. The molecule has 1 aliphatic rings. The highest BCUT2D eigenvalue weighted by atomic mass is 16.3. The maximum atomic E-state index is 9.68. The van der Waals surface area contributed by atoms with Gasteiger partial charge in [-0.2, -0.15) is 0 Å². The molecule has 1 aliphatic heterocycles. The molecule has 0 bridgehead atoms. The Bertz CT molecular complexity index is 428. The molecule has 0 amide bonds. The lowest BCUT2D eigenvalue weighted by Crippen LogP contribution is -2.37. The average molecular weight is 278 g/mol. The van der Waals surface area contributed by atoms with Gasteiger partial charge in [0.2, 0.25) is 0 Å². The van der Waals surface area contributed by atoms with E-state index in [1.165, 1.54) is 0 Å². The van der Waals surface area contributed by atoms with Crippen molar-refractivity contribution in [2.75, 3.05) is 30.4 Å². The molecule has 0 aromatic carbocycles. The predicted octanol–water partition coefficient (Wildman–Crippen LogP) is 2.07. The van der Waals surface area contributed by atoms with E-state index in [-0.39, 0.29) is 6.10 Å². The lowest BCUT2D eigenvalue weighted by molar-refractivity contribution is 0.110. The van der Waals surface area contributed by atoms with Crippen LogP contribution in [0.2, 0.25) is 0 Å². The van der Waals surface area contributed by atoms with Gasteiger partial charge >= 0.3 is 0 Å². The third kappa shape index (κ3) is 3.60. The second-order valence-corrected chi connectivity index (χ2v) is 5.59. The molecule has 5 nitrogen and oxygen atoms in total. The number of anilines is 2. The lowest BCUT2D eigenvalue weighted by atomic mass is 9.92. The van der Waals surface area contributed by atoms with Crippen LogP contribution in [-0.2, 0) is 6.42 Å². The minimum atomic E-state index is -0.203. The Morgan fingerprint density at radius 3 is 2.65 bits per heavy atom. The summed E-state index contributed by atoms with van der Waals surface area (Å²) in [4.78, 5) is 11.5. The van der Waals surface area contributed by atoms with Crippen LogP contribution in [0.5, 0.6) is 0 Å². The topological polar surface area (TPSA) is 61.3 Å². The Kier molecular flexibility index (Phi) is 5.17. The van der Waals surface area contributed by atoms with Gasteiger partial charge in [0.05, 0.1) is 6.10 Å². The normalized spacial score (nSPS) is 18.1. The second kappa shape index (κ2) is 6.88. The summed E-state index contributed by atoms with van der Waals surface area (Å²) in [5.41, 5.74) is 0. The number of aryl methyl sites for hydroxylation is 1. The molecule has 1 atom stereocenters. The Morgan fingerprint density at radius 2 is 2.10 bits per heavy atom. The monoisotopic (exact) mass is 278 g/mol. The van der Waals surface area contributed by atoms with Crippen molar-refractivity contribution in [3.8, 4) is 0 Å². The largest absolute Gasteiger partial charge is 0.393 e. The fourth-order valence-electron chi connectivity index (χ4n) is 2.72. The fraction of sp³-hybridized carbons (Fsp3) is 0.733. The molecule has 112 valence electrons. The second-order valence-electron chi connectivity index (χ2n) is 5.59. The number of aliphatic hydroxyl groups excluding tert-OH is 1. The first-order valence-electron chi connectivity index (χ1n) is 7.62. The Balaban J connectivity index is 2.10. The SMILES string of the molecule is CCCc1nc(NC)cc(N2CCC(C(C)O)CC2)n1. The van der Waals surface area contributed by atoms with Gasteiger partial charge in [-0.25, -0.2) is 9.97 Å². The molecule has 2 heterocycles. The lowest BCUT2D eigenvalue weighted by Gasteiger charge is -2.34. The van der Waals surface area contributed by atoms with Crippen molar-refractivity contribution in [3.05, 3.63) is 11.9 Å². The summed E-state index contributed by atoms with van der Waals surface area (Å²) in [6.07, 6.45) is 3.81. The Morgan fingerprint density at radius 1 is 1.40 bits per heavy atom. The molecule has 1 aromatic heterocycles. The average Bonchev–Trinajstić information content (AvgIpc) is 2.47. The molecule has 2 N–H and O–H groups in total. The van der Waals surface area contributed by atoms with Crippen LogP contribution in [0.3, 0.4) is 0 Å². The van der Waals surface area contributed by atoms with E-state index in [0.29, 0.717) is 5.92 Å². The summed E-state index contributed by atoms with van der Waals surface area (Å²) in [6, 6.07) is 2.02. The molecule has 20 heavy (non-hydrogen) atoms. The van der Waals surface area contributed by atoms with Gasteiger partial charge < -0.3 is 15.3 Å². The number of aromatic nitrogens is 2. The zero-order valence-corrected chi connectivity index (χ0v) is 12.8. The summed E-state index contributed by atoms with van der Waals surface area (Å²) in [7, 11) is 1.89. The van der Waals surface area contributed by atoms with Crippen molar-refractivity contribution in [1.29, 1.82) is 0 Å². The quantitative estimate of drug-likeness (QED) is 0.863. The van der Waals surface area contributed by atoms with Gasteiger partial charge in [-0.3, -0.25) is 0 Å². The molecule has 0 radical (unpaired) electrons.